The van der Waals surface area contributed by atoms with E-state index in [1.807, 2.05) is 24.3 Å². The van der Waals surface area contributed by atoms with Gasteiger partial charge in [-0.3, -0.25) is 4.79 Å². The van der Waals surface area contributed by atoms with Crippen LogP contribution in [0.25, 0.3) is 0 Å². The molecule has 3 rings (SSSR count). The molecule has 0 heterocycles. The Morgan fingerprint density at radius 3 is 2.17 bits per heavy atom. The summed E-state index contributed by atoms with van der Waals surface area (Å²) in [5.74, 6) is -0.780. The lowest BCUT2D eigenvalue weighted by molar-refractivity contribution is -0.137. The lowest BCUT2D eigenvalue weighted by atomic mass is 9.90. The maximum Gasteiger partial charge on any atom is 0.303 e. The van der Waals surface area contributed by atoms with Crippen LogP contribution in [0.4, 0.5) is 0 Å². The first-order valence-corrected chi connectivity index (χ1v) is 11.7. The second kappa shape index (κ2) is 9.28. The van der Waals surface area contributed by atoms with Crippen LogP contribution in [0.3, 0.4) is 0 Å². The van der Waals surface area contributed by atoms with Gasteiger partial charge in [-0.1, -0.05) is 48.7 Å². The summed E-state index contributed by atoms with van der Waals surface area (Å²) >= 11 is 5.88. The highest BCUT2D eigenvalue weighted by Crippen LogP contribution is 2.34. The molecule has 1 aliphatic rings. The van der Waals surface area contributed by atoms with Crippen molar-refractivity contribution in [3.05, 3.63) is 64.7 Å². The molecule has 0 atom stereocenters. The van der Waals surface area contributed by atoms with Crippen LogP contribution >= 0.6 is 11.6 Å². The van der Waals surface area contributed by atoms with Crippen LogP contribution in [0, 0.1) is 0 Å². The zero-order valence-corrected chi connectivity index (χ0v) is 17.8. The number of carboxylic acid groups (broad SMARTS) is 1. The number of benzene rings is 2. The Labute approximate surface area is 177 Å². The number of carboxylic acids is 1. The van der Waals surface area contributed by atoms with Gasteiger partial charge in [-0.25, -0.2) is 13.1 Å². The summed E-state index contributed by atoms with van der Waals surface area (Å²) in [5.41, 5.74) is 1.69. The van der Waals surface area contributed by atoms with Gasteiger partial charge >= 0.3 is 5.97 Å². The van der Waals surface area contributed by atoms with Gasteiger partial charge in [0.1, 0.15) is 0 Å². The zero-order chi connectivity index (χ0) is 20.9. The van der Waals surface area contributed by atoms with Crippen molar-refractivity contribution in [1.29, 1.82) is 0 Å². The molecule has 0 aromatic heterocycles. The van der Waals surface area contributed by atoms with Crippen LogP contribution in [0.5, 0.6) is 0 Å². The van der Waals surface area contributed by atoms with Crippen LogP contribution in [0.2, 0.25) is 5.02 Å². The minimum atomic E-state index is -3.63. The summed E-state index contributed by atoms with van der Waals surface area (Å²) in [6, 6.07) is 14.3. The predicted molar refractivity (Wildman–Crippen MR) is 114 cm³/mol. The number of sulfonamides is 1. The third-order valence-electron chi connectivity index (χ3n) is 5.46. The quantitative estimate of drug-likeness (QED) is 0.603. The number of aryl methyl sites for hydroxylation is 1. The largest absolute Gasteiger partial charge is 0.481 e. The summed E-state index contributed by atoms with van der Waals surface area (Å²) in [4.78, 5) is 10.9. The van der Waals surface area contributed by atoms with Crippen molar-refractivity contribution in [3.8, 4) is 0 Å². The van der Waals surface area contributed by atoms with Gasteiger partial charge in [0.15, 0.2) is 0 Å². The number of hydrogen-bond acceptors (Lipinski definition) is 3. The Balaban J connectivity index is 1.70. The molecule has 0 aliphatic heterocycles. The number of halogens is 1. The summed E-state index contributed by atoms with van der Waals surface area (Å²) in [6.45, 7) is 0. The highest BCUT2D eigenvalue weighted by Gasteiger charge is 2.38. The first kappa shape index (κ1) is 21.8. The maximum atomic E-state index is 12.9. The Morgan fingerprint density at radius 1 is 1.00 bits per heavy atom. The van der Waals surface area contributed by atoms with Crippen LogP contribution < -0.4 is 4.72 Å². The van der Waals surface area contributed by atoms with Crippen molar-refractivity contribution in [3.63, 3.8) is 0 Å². The SMILES string of the molecule is O=C(O)CCCc1ccc(CC2(NS(=O)(=O)c3ccc(Cl)cc3)CCCC2)cc1. The smallest absolute Gasteiger partial charge is 0.303 e. The summed E-state index contributed by atoms with van der Waals surface area (Å²) in [5, 5.41) is 9.25. The van der Waals surface area contributed by atoms with E-state index in [4.69, 9.17) is 16.7 Å². The van der Waals surface area contributed by atoms with E-state index in [-0.39, 0.29) is 11.3 Å². The highest BCUT2D eigenvalue weighted by molar-refractivity contribution is 7.89. The van der Waals surface area contributed by atoms with E-state index in [2.05, 4.69) is 4.72 Å². The molecule has 156 valence electrons. The molecule has 2 N–H and O–H groups in total. The molecule has 1 fully saturated rings. The lowest BCUT2D eigenvalue weighted by Crippen LogP contribution is -2.47. The van der Waals surface area contributed by atoms with E-state index in [9.17, 15) is 13.2 Å². The van der Waals surface area contributed by atoms with Crippen LogP contribution in [0.1, 0.15) is 49.7 Å². The topological polar surface area (TPSA) is 83.5 Å². The van der Waals surface area contributed by atoms with Crippen molar-refractivity contribution >= 4 is 27.6 Å². The molecular weight excluding hydrogens is 410 g/mol. The summed E-state index contributed by atoms with van der Waals surface area (Å²) in [6.07, 6.45) is 5.74. The van der Waals surface area contributed by atoms with E-state index < -0.39 is 21.5 Å². The molecule has 0 amide bonds. The van der Waals surface area contributed by atoms with E-state index in [0.29, 0.717) is 17.9 Å². The predicted octanol–water partition coefficient (Wildman–Crippen LogP) is 4.58. The summed E-state index contributed by atoms with van der Waals surface area (Å²) < 4.78 is 28.8. The average molecular weight is 436 g/mol. The van der Waals surface area contributed by atoms with Gasteiger partial charge in [-0.05, 0) is 67.5 Å². The third-order valence-corrected chi connectivity index (χ3v) is 7.30. The van der Waals surface area contributed by atoms with Gasteiger partial charge < -0.3 is 5.11 Å². The zero-order valence-electron chi connectivity index (χ0n) is 16.2. The molecule has 1 aliphatic carbocycles. The van der Waals surface area contributed by atoms with Gasteiger partial charge in [0, 0.05) is 17.0 Å². The minimum absolute atomic E-state index is 0.164. The molecule has 5 nitrogen and oxygen atoms in total. The van der Waals surface area contributed by atoms with Gasteiger partial charge in [-0.2, -0.15) is 0 Å². The Kier molecular flexibility index (Phi) is 6.98. The molecule has 1 saturated carbocycles. The van der Waals surface area contributed by atoms with Crippen LogP contribution in [0.15, 0.2) is 53.4 Å². The van der Waals surface area contributed by atoms with Crippen LogP contribution in [-0.4, -0.2) is 25.0 Å². The second-order valence-corrected chi connectivity index (χ2v) is 9.91. The molecular formula is C22H26ClNO4S. The highest BCUT2D eigenvalue weighted by atomic mass is 35.5. The number of aliphatic carboxylic acids is 1. The fraction of sp³-hybridized carbons (Fsp3) is 0.409. The van der Waals surface area contributed by atoms with Crippen molar-refractivity contribution in [2.75, 3.05) is 0 Å². The third kappa shape index (κ3) is 6.04. The summed E-state index contributed by atoms with van der Waals surface area (Å²) in [7, 11) is -3.63. The lowest BCUT2D eigenvalue weighted by Gasteiger charge is -2.30. The Morgan fingerprint density at radius 2 is 1.59 bits per heavy atom. The molecule has 0 saturated heterocycles. The number of hydrogen-bond donors (Lipinski definition) is 2. The van der Waals surface area contributed by atoms with E-state index >= 15 is 0 Å². The minimum Gasteiger partial charge on any atom is -0.481 e. The standard InChI is InChI=1S/C22H26ClNO4S/c23-19-10-12-20(13-11-19)29(27,28)24-22(14-1-2-15-22)16-18-8-6-17(7-9-18)4-3-5-21(25)26/h6-13,24H,1-5,14-16H2,(H,25,26). The van der Waals surface area contributed by atoms with Gasteiger partial charge in [0.25, 0.3) is 0 Å². The maximum absolute atomic E-state index is 12.9. The molecule has 0 radical (unpaired) electrons. The first-order valence-electron chi connectivity index (χ1n) is 9.87. The van der Waals surface area contributed by atoms with Crippen molar-refractivity contribution in [2.45, 2.75) is 61.8 Å². The van der Waals surface area contributed by atoms with Crippen molar-refractivity contribution in [1.82, 2.24) is 4.72 Å². The number of rotatable bonds is 9. The second-order valence-electron chi connectivity index (χ2n) is 7.79. The van der Waals surface area contributed by atoms with Crippen molar-refractivity contribution in [2.24, 2.45) is 0 Å². The Hall–Kier alpha value is -1.89. The molecule has 7 heteroatoms. The van der Waals surface area contributed by atoms with Gasteiger partial charge in [-0.15, -0.1) is 0 Å². The van der Waals surface area contributed by atoms with Crippen molar-refractivity contribution < 1.29 is 18.3 Å². The van der Waals surface area contributed by atoms with E-state index in [1.165, 1.54) is 12.1 Å². The van der Waals surface area contributed by atoms with Crippen LogP contribution in [-0.2, 0) is 27.7 Å². The first-order chi connectivity index (χ1) is 13.8. The molecule has 0 unspecified atom stereocenters. The number of nitrogens with one attached hydrogen (secondary N) is 1. The molecule has 29 heavy (non-hydrogen) atoms. The Bertz CT molecular complexity index is 934. The average Bonchev–Trinajstić information content (AvgIpc) is 3.10. The number of carbonyl (C=O) groups is 1. The molecule has 2 aromatic rings. The molecule has 0 spiro atoms. The fourth-order valence-corrected chi connectivity index (χ4v) is 5.57. The van der Waals surface area contributed by atoms with Gasteiger partial charge in [0.2, 0.25) is 10.0 Å². The molecule has 0 bridgehead atoms. The van der Waals surface area contributed by atoms with E-state index in [1.54, 1.807) is 12.1 Å². The normalized spacial score (nSPS) is 16.0. The molecule has 2 aromatic carbocycles. The van der Waals surface area contributed by atoms with E-state index in [0.717, 1.165) is 43.2 Å². The monoisotopic (exact) mass is 435 g/mol. The fourth-order valence-electron chi connectivity index (χ4n) is 3.98. The van der Waals surface area contributed by atoms with Gasteiger partial charge in [0.05, 0.1) is 4.90 Å².